The zero-order chi connectivity index (χ0) is 20.2. The highest BCUT2D eigenvalue weighted by Crippen LogP contribution is 2.27. The van der Waals surface area contributed by atoms with Crippen LogP contribution in [0.3, 0.4) is 0 Å². The van der Waals surface area contributed by atoms with Gasteiger partial charge in [-0.3, -0.25) is 4.79 Å². The number of carbonyl (C=O) groups is 1. The first kappa shape index (κ1) is 20.2. The average Bonchev–Trinajstić information content (AvgIpc) is 3.27. The molecule has 1 amide bonds. The number of rotatable bonds is 5. The third kappa shape index (κ3) is 4.92. The van der Waals surface area contributed by atoms with Gasteiger partial charge in [-0.25, -0.2) is 9.97 Å². The molecule has 154 valence electrons. The summed E-state index contributed by atoms with van der Waals surface area (Å²) >= 11 is 1.65. The molecule has 2 aliphatic rings. The van der Waals surface area contributed by atoms with Gasteiger partial charge in [0.1, 0.15) is 5.82 Å². The molecular formula is C23H30N4OS. The number of nitrogens with zero attached hydrogens (tertiary/aromatic N) is 4. The minimum absolute atomic E-state index is 0.155. The number of likely N-dealkylation sites (tertiary alicyclic amines) is 1. The predicted molar refractivity (Wildman–Crippen MR) is 119 cm³/mol. The van der Waals surface area contributed by atoms with Crippen LogP contribution in [-0.4, -0.2) is 46.5 Å². The van der Waals surface area contributed by atoms with E-state index in [2.05, 4.69) is 28.9 Å². The van der Waals surface area contributed by atoms with Gasteiger partial charge in [0.15, 0.2) is 5.16 Å². The summed E-state index contributed by atoms with van der Waals surface area (Å²) in [6.07, 6.45) is 5.99. The number of hydrogen-bond donors (Lipinski definition) is 0. The van der Waals surface area contributed by atoms with Crippen molar-refractivity contribution in [3.05, 3.63) is 47.2 Å². The summed E-state index contributed by atoms with van der Waals surface area (Å²) in [4.78, 5) is 26.5. The summed E-state index contributed by atoms with van der Waals surface area (Å²) in [5.41, 5.74) is 2.93. The molecule has 1 unspecified atom stereocenters. The molecule has 3 heterocycles. The maximum Gasteiger partial charge on any atom is 0.253 e. The number of hydrogen-bond acceptors (Lipinski definition) is 5. The normalized spacial score (nSPS) is 19.6. The molecule has 0 bridgehead atoms. The number of carbonyl (C=O) groups excluding carboxylic acids is 1. The van der Waals surface area contributed by atoms with Crippen LogP contribution < -0.4 is 4.90 Å². The maximum atomic E-state index is 12.7. The van der Waals surface area contributed by atoms with Gasteiger partial charge in [0.25, 0.3) is 5.91 Å². The van der Waals surface area contributed by atoms with E-state index < -0.39 is 0 Å². The Balaban J connectivity index is 1.45. The number of piperidine rings is 1. The van der Waals surface area contributed by atoms with Crippen molar-refractivity contribution in [3.63, 3.8) is 0 Å². The van der Waals surface area contributed by atoms with Crippen LogP contribution in [0.4, 0.5) is 5.82 Å². The second kappa shape index (κ2) is 9.16. The molecule has 2 fully saturated rings. The molecule has 2 aliphatic heterocycles. The molecule has 6 heteroatoms. The Morgan fingerprint density at radius 2 is 1.90 bits per heavy atom. The van der Waals surface area contributed by atoms with Gasteiger partial charge in [0.05, 0.1) is 0 Å². The van der Waals surface area contributed by atoms with E-state index in [1.807, 2.05) is 30.0 Å². The summed E-state index contributed by atoms with van der Waals surface area (Å²) in [6.45, 7) is 7.16. The highest BCUT2D eigenvalue weighted by molar-refractivity contribution is 7.98. The van der Waals surface area contributed by atoms with Crippen LogP contribution in [0.5, 0.6) is 0 Å². The largest absolute Gasteiger partial charge is 0.354 e. The molecule has 0 aliphatic carbocycles. The molecule has 0 N–H and O–H groups in total. The lowest BCUT2D eigenvalue weighted by atomic mass is 10.0. The van der Waals surface area contributed by atoms with Gasteiger partial charge in [-0.2, -0.15) is 0 Å². The fraction of sp³-hybridized carbons (Fsp3) is 0.522. The molecule has 29 heavy (non-hydrogen) atoms. The fourth-order valence-electron chi connectivity index (χ4n) is 4.22. The number of amides is 1. The van der Waals surface area contributed by atoms with Crippen LogP contribution in [0.1, 0.15) is 60.6 Å². The maximum absolute atomic E-state index is 12.7. The number of benzene rings is 1. The smallest absolute Gasteiger partial charge is 0.253 e. The molecule has 0 spiro atoms. The third-order valence-electron chi connectivity index (χ3n) is 5.85. The number of aromatic nitrogens is 2. The fourth-order valence-corrected chi connectivity index (χ4v) is 5.06. The Kier molecular flexibility index (Phi) is 6.38. The van der Waals surface area contributed by atoms with E-state index in [0.29, 0.717) is 6.04 Å². The lowest BCUT2D eigenvalue weighted by Gasteiger charge is -2.34. The molecular weight excluding hydrogens is 380 g/mol. The van der Waals surface area contributed by atoms with E-state index in [9.17, 15) is 4.79 Å². The van der Waals surface area contributed by atoms with E-state index in [0.717, 1.165) is 66.0 Å². The van der Waals surface area contributed by atoms with Gasteiger partial charge in [0, 0.05) is 48.8 Å². The molecule has 1 atom stereocenters. The van der Waals surface area contributed by atoms with E-state index in [4.69, 9.17) is 4.98 Å². The van der Waals surface area contributed by atoms with E-state index in [-0.39, 0.29) is 5.91 Å². The second-order valence-corrected chi connectivity index (χ2v) is 9.12. The minimum Gasteiger partial charge on any atom is -0.354 e. The second-order valence-electron chi connectivity index (χ2n) is 8.18. The molecule has 1 aromatic carbocycles. The highest BCUT2D eigenvalue weighted by atomic mass is 32.2. The number of aryl methyl sites for hydroxylation is 1. The summed E-state index contributed by atoms with van der Waals surface area (Å²) in [5, 5.41) is 0.814. The van der Waals surface area contributed by atoms with Gasteiger partial charge < -0.3 is 9.80 Å². The quantitative estimate of drug-likeness (QED) is 0.529. The molecule has 1 aromatic heterocycles. The van der Waals surface area contributed by atoms with Gasteiger partial charge in [-0.15, -0.1) is 0 Å². The van der Waals surface area contributed by atoms with Crippen LogP contribution in [0.2, 0.25) is 0 Å². The Hall–Kier alpha value is -2.08. The summed E-state index contributed by atoms with van der Waals surface area (Å²) in [7, 11) is 0. The Bertz CT molecular complexity index is 866. The molecule has 0 saturated carbocycles. The molecule has 2 aromatic rings. The first-order valence-corrected chi connectivity index (χ1v) is 11.7. The van der Waals surface area contributed by atoms with Crippen LogP contribution in [0, 0.1) is 6.92 Å². The molecule has 2 saturated heterocycles. The zero-order valence-electron chi connectivity index (χ0n) is 17.4. The monoisotopic (exact) mass is 410 g/mol. The van der Waals surface area contributed by atoms with Crippen molar-refractivity contribution in [1.82, 2.24) is 14.9 Å². The van der Waals surface area contributed by atoms with Crippen LogP contribution >= 0.6 is 11.8 Å². The molecule has 4 rings (SSSR count). The van der Waals surface area contributed by atoms with Crippen LogP contribution in [-0.2, 0) is 5.75 Å². The van der Waals surface area contributed by atoms with Crippen molar-refractivity contribution >= 4 is 23.5 Å². The Labute approximate surface area is 177 Å². The van der Waals surface area contributed by atoms with Crippen molar-refractivity contribution < 1.29 is 4.79 Å². The minimum atomic E-state index is 0.155. The van der Waals surface area contributed by atoms with Crippen molar-refractivity contribution in [2.24, 2.45) is 0 Å². The van der Waals surface area contributed by atoms with Crippen molar-refractivity contribution in [2.45, 2.75) is 62.9 Å². The van der Waals surface area contributed by atoms with E-state index in [1.165, 1.54) is 19.3 Å². The van der Waals surface area contributed by atoms with Gasteiger partial charge in [0.2, 0.25) is 0 Å². The Morgan fingerprint density at radius 3 is 2.69 bits per heavy atom. The summed E-state index contributed by atoms with van der Waals surface area (Å²) < 4.78 is 0. The Morgan fingerprint density at radius 1 is 1.10 bits per heavy atom. The lowest BCUT2D eigenvalue weighted by molar-refractivity contribution is 0.0792. The predicted octanol–water partition coefficient (Wildman–Crippen LogP) is 4.69. The molecule has 0 radical (unpaired) electrons. The SMILES string of the molecule is Cc1cc(N2CCCCC2C)nc(SCc2cccc(C(=O)N3CCCC3)c2)n1. The lowest BCUT2D eigenvalue weighted by Crippen LogP contribution is -2.38. The number of thioether (sulfide) groups is 1. The zero-order valence-corrected chi connectivity index (χ0v) is 18.2. The third-order valence-corrected chi connectivity index (χ3v) is 6.77. The van der Waals surface area contributed by atoms with Crippen LogP contribution in [0.15, 0.2) is 35.5 Å². The van der Waals surface area contributed by atoms with E-state index >= 15 is 0 Å². The van der Waals surface area contributed by atoms with E-state index in [1.54, 1.807) is 11.8 Å². The standard InChI is InChI=1S/C23H30N4OS/c1-17-14-21(27-13-4-3-8-18(27)2)25-23(24-17)29-16-19-9-7-10-20(15-19)22(28)26-11-5-6-12-26/h7,9-10,14-15,18H,3-6,8,11-13,16H2,1-2H3. The first-order valence-electron chi connectivity index (χ1n) is 10.7. The van der Waals surface area contributed by atoms with Gasteiger partial charge >= 0.3 is 0 Å². The molecule has 5 nitrogen and oxygen atoms in total. The van der Waals surface area contributed by atoms with Crippen molar-refractivity contribution in [1.29, 1.82) is 0 Å². The van der Waals surface area contributed by atoms with Crippen molar-refractivity contribution in [2.75, 3.05) is 24.5 Å². The average molecular weight is 411 g/mol. The van der Waals surface area contributed by atoms with Gasteiger partial charge in [-0.1, -0.05) is 23.9 Å². The summed E-state index contributed by atoms with van der Waals surface area (Å²) in [6, 6.07) is 10.6. The highest BCUT2D eigenvalue weighted by Gasteiger charge is 2.21. The number of anilines is 1. The van der Waals surface area contributed by atoms with Crippen molar-refractivity contribution in [3.8, 4) is 0 Å². The topological polar surface area (TPSA) is 49.3 Å². The van der Waals surface area contributed by atoms with Crippen LogP contribution in [0.25, 0.3) is 0 Å². The summed E-state index contributed by atoms with van der Waals surface area (Å²) in [5.74, 6) is 1.97. The first-order chi connectivity index (χ1) is 14.1. The van der Waals surface area contributed by atoms with Gasteiger partial charge in [-0.05, 0) is 63.6 Å².